The molecule has 0 aromatic rings. The number of hydrazone groups is 1. The Bertz CT molecular complexity index is 301. The maximum Gasteiger partial charge on any atom is 0.332 e. The summed E-state index contributed by atoms with van der Waals surface area (Å²) in [4.78, 5) is 21.6. The van der Waals surface area contributed by atoms with E-state index in [4.69, 9.17) is 10.5 Å². The van der Waals surface area contributed by atoms with Crippen LogP contribution in [0.4, 0.5) is 4.79 Å². The Hall–Kier alpha value is -1.59. The molecule has 0 bridgehead atoms. The highest BCUT2D eigenvalue weighted by atomic mass is 16.5. The fourth-order valence-electron chi connectivity index (χ4n) is 1.56. The molecule has 1 fully saturated rings. The van der Waals surface area contributed by atoms with Gasteiger partial charge in [0.1, 0.15) is 0 Å². The Morgan fingerprint density at radius 3 is 2.87 bits per heavy atom. The van der Waals surface area contributed by atoms with E-state index in [1.807, 2.05) is 6.92 Å². The molecule has 1 rings (SSSR count). The summed E-state index contributed by atoms with van der Waals surface area (Å²) in [6, 6.07) is -0.711. The number of amides is 2. The van der Waals surface area contributed by atoms with Crippen molar-refractivity contribution in [3.8, 4) is 0 Å². The lowest BCUT2D eigenvalue weighted by molar-refractivity contribution is -0.143. The second kappa shape index (κ2) is 4.77. The lowest BCUT2D eigenvalue weighted by atomic mass is 9.99. The lowest BCUT2D eigenvalue weighted by Gasteiger charge is -2.04. The van der Waals surface area contributed by atoms with Gasteiger partial charge in [0.05, 0.1) is 12.0 Å². The van der Waals surface area contributed by atoms with Crippen LogP contribution in [-0.2, 0) is 9.53 Å². The van der Waals surface area contributed by atoms with Crippen molar-refractivity contribution in [3.05, 3.63) is 0 Å². The van der Waals surface area contributed by atoms with E-state index in [1.54, 1.807) is 6.92 Å². The number of ether oxygens (including phenoxy) is 1. The van der Waals surface area contributed by atoms with Crippen molar-refractivity contribution in [3.63, 3.8) is 0 Å². The molecule has 1 aliphatic rings. The number of hydrogen-bond donors (Lipinski definition) is 2. The van der Waals surface area contributed by atoms with E-state index in [-0.39, 0.29) is 18.0 Å². The highest BCUT2D eigenvalue weighted by molar-refractivity contribution is 5.88. The zero-order valence-corrected chi connectivity index (χ0v) is 8.82. The van der Waals surface area contributed by atoms with Gasteiger partial charge in [-0.3, -0.25) is 4.79 Å². The van der Waals surface area contributed by atoms with Gasteiger partial charge in [-0.1, -0.05) is 0 Å². The van der Waals surface area contributed by atoms with Gasteiger partial charge < -0.3 is 10.5 Å². The highest BCUT2D eigenvalue weighted by Gasteiger charge is 2.31. The smallest absolute Gasteiger partial charge is 0.332 e. The number of cyclic esters (lactones) is 1. The summed E-state index contributed by atoms with van der Waals surface area (Å²) in [5.74, 6) is -0.352. The van der Waals surface area contributed by atoms with Crippen molar-refractivity contribution in [2.24, 2.45) is 16.8 Å². The van der Waals surface area contributed by atoms with Gasteiger partial charge in [-0.05, 0) is 20.3 Å². The van der Waals surface area contributed by atoms with Crippen molar-refractivity contribution in [2.45, 2.75) is 32.8 Å². The van der Waals surface area contributed by atoms with Crippen molar-refractivity contribution in [1.29, 1.82) is 0 Å². The number of hydrogen-bond acceptors (Lipinski definition) is 4. The summed E-state index contributed by atoms with van der Waals surface area (Å²) in [7, 11) is 0. The molecule has 15 heavy (non-hydrogen) atoms. The van der Waals surface area contributed by atoms with Gasteiger partial charge in [-0.25, -0.2) is 10.2 Å². The minimum absolute atomic E-state index is 0.0283. The topological polar surface area (TPSA) is 93.8 Å². The van der Waals surface area contributed by atoms with Gasteiger partial charge in [0.2, 0.25) is 0 Å². The first-order chi connectivity index (χ1) is 6.99. The lowest BCUT2D eigenvalue weighted by Crippen LogP contribution is -2.26. The number of rotatable bonds is 3. The van der Waals surface area contributed by atoms with Crippen LogP contribution in [-0.4, -0.2) is 23.8 Å². The van der Waals surface area contributed by atoms with Gasteiger partial charge in [0, 0.05) is 12.1 Å². The number of carbonyl (C=O) groups excluding carboxylic acids is 2. The Morgan fingerprint density at radius 2 is 2.40 bits per heavy atom. The van der Waals surface area contributed by atoms with E-state index in [9.17, 15) is 9.59 Å². The molecule has 3 N–H and O–H groups in total. The highest BCUT2D eigenvalue weighted by Crippen LogP contribution is 2.23. The van der Waals surface area contributed by atoms with Crippen molar-refractivity contribution < 1.29 is 14.3 Å². The average molecular weight is 213 g/mol. The molecule has 1 saturated heterocycles. The number of nitrogens with zero attached hydrogens (tertiary/aromatic N) is 1. The molecule has 2 atom stereocenters. The molecule has 0 spiro atoms. The second-order valence-corrected chi connectivity index (χ2v) is 3.71. The summed E-state index contributed by atoms with van der Waals surface area (Å²) < 4.78 is 4.99. The fraction of sp³-hybridized carbons (Fsp3) is 0.667. The minimum atomic E-state index is -0.711. The van der Waals surface area contributed by atoms with Crippen LogP contribution < -0.4 is 11.2 Å². The molecule has 0 aliphatic carbocycles. The van der Waals surface area contributed by atoms with Crippen molar-refractivity contribution in [1.82, 2.24) is 5.43 Å². The molecule has 0 aromatic carbocycles. The summed E-state index contributed by atoms with van der Waals surface area (Å²) in [5, 5.41) is 3.73. The average Bonchev–Trinajstić information content (AvgIpc) is 2.42. The minimum Gasteiger partial charge on any atom is -0.462 e. The maximum absolute atomic E-state index is 11.3. The zero-order valence-electron chi connectivity index (χ0n) is 8.82. The summed E-state index contributed by atoms with van der Waals surface area (Å²) in [6.45, 7) is 3.58. The van der Waals surface area contributed by atoms with E-state index >= 15 is 0 Å². The number of esters is 1. The van der Waals surface area contributed by atoms with Crippen LogP contribution in [0.15, 0.2) is 5.10 Å². The van der Waals surface area contributed by atoms with Crippen LogP contribution in [0.3, 0.4) is 0 Å². The Morgan fingerprint density at radius 1 is 1.73 bits per heavy atom. The van der Waals surface area contributed by atoms with Crippen LogP contribution >= 0.6 is 0 Å². The fourth-order valence-corrected chi connectivity index (χ4v) is 1.56. The molecular formula is C9H15N3O3. The number of carbonyl (C=O) groups is 2. The van der Waals surface area contributed by atoms with E-state index in [0.717, 1.165) is 0 Å². The van der Waals surface area contributed by atoms with E-state index < -0.39 is 6.03 Å². The third-order valence-corrected chi connectivity index (χ3v) is 2.17. The molecule has 1 heterocycles. The second-order valence-electron chi connectivity index (χ2n) is 3.71. The first-order valence-electron chi connectivity index (χ1n) is 4.78. The van der Waals surface area contributed by atoms with Gasteiger partial charge in [-0.15, -0.1) is 0 Å². The monoisotopic (exact) mass is 213 g/mol. The Labute approximate surface area is 87.8 Å². The molecule has 6 heteroatoms. The van der Waals surface area contributed by atoms with Crippen LogP contribution in [0.1, 0.15) is 26.7 Å². The van der Waals surface area contributed by atoms with Crippen LogP contribution in [0, 0.1) is 5.92 Å². The number of nitrogens with one attached hydrogen (secondary N) is 1. The molecule has 0 radical (unpaired) electrons. The van der Waals surface area contributed by atoms with Gasteiger partial charge >= 0.3 is 12.0 Å². The summed E-state index contributed by atoms with van der Waals surface area (Å²) in [5.41, 5.74) is 7.63. The number of urea groups is 1. The van der Waals surface area contributed by atoms with Crippen molar-refractivity contribution >= 4 is 17.7 Å². The molecule has 2 amide bonds. The summed E-state index contributed by atoms with van der Waals surface area (Å²) >= 11 is 0. The first kappa shape index (κ1) is 11.5. The number of primary amides is 1. The molecule has 0 saturated carbocycles. The molecule has 0 aromatic heterocycles. The maximum atomic E-state index is 11.3. The van der Waals surface area contributed by atoms with E-state index in [2.05, 4.69) is 10.5 Å². The van der Waals surface area contributed by atoms with Gasteiger partial charge in [0.25, 0.3) is 0 Å². The van der Waals surface area contributed by atoms with Gasteiger partial charge in [-0.2, -0.15) is 5.10 Å². The standard InChI is InChI=1S/C9H15N3O3/c1-5(11-12-9(10)14)3-7-4-6(2)15-8(7)13/h6-7H,3-4H2,1-2H3,(H3,10,12,14). The number of nitrogens with two attached hydrogens (primary N) is 1. The Balaban J connectivity index is 2.44. The third kappa shape index (κ3) is 3.57. The van der Waals surface area contributed by atoms with Crippen LogP contribution in [0.2, 0.25) is 0 Å². The first-order valence-corrected chi connectivity index (χ1v) is 4.78. The molecule has 1 aliphatic heterocycles. The largest absolute Gasteiger partial charge is 0.462 e. The third-order valence-electron chi connectivity index (χ3n) is 2.17. The van der Waals surface area contributed by atoms with E-state index in [1.165, 1.54) is 0 Å². The van der Waals surface area contributed by atoms with E-state index in [0.29, 0.717) is 18.6 Å². The molecule has 6 nitrogen and oxygen atoms in total. The molecular weight excluding hydrogens is 198 g/mol. The quantitative estimate of drug-likeness (QED) is 0.403. The van der Waals surface area contributed by atoms with Crippen LogP contribution in [0.25, 0.3) is 0 Å². The van der Waals surface area contributed by atoms with Crippen molar-refractivity contribution in [2.75, 3.05) is 0 Å². The Kier molecular flexibility index (Phi) is 3.65. The zero-order chi connectivity index (χ0) is 11.4. The predicted octanol–water partition coefficient (Wildman–Crippen LogP) is 0.372. The molecule has 84 valence electrons. The molecule has 2 unspecified atom stereocenters. The SMILES string of the molecule is CC(CC1CC(C)OC1=O)=NNC(N)=O. The summed E-state index contributed by atoms with van der Waals surface area (Å²) in [6.07, 6.45) is 1.16. The normalized spacial score (nSPS) is 26.3. The van der Waals surface area contributed by atoms with Gasteiger partial charge in [0.15, 0.2) is 0 Å². The van der Waals surface area contributed by atoms with Crippen LogP contribution in [0.5, 0.6) is 0 Å². The predicted molar refractivity (Wildman–Crippen MR) is 54.1 cm³/mol.